The van der Waals surface area contributed by atoms with Crippen molar-refractivity contribution >= 4 is 102 Å². The summed E-state index contributed by atoms with van der Waals surface area (Å²) in [5.41, 5.74) is 7.94. The molecule has 0 spiro atoms. The number of carbonyl (C=O) groups is 3. The number of carbonyl (C=O) groups excluding carboxylic acids is 3. The highest BCUT2D eigenvalue weighted by Crippen LogP contribution is 2.35. The van der Waals surface area contributed by atoms with Crippen LogP contribution in [0, 0.1) is 47.8 Å². The predicted octanol–water partition coefficient (Wildman–Crippen LogP) is 10.2. The first-order valence-corrected chi connectivity index (χ1v) is 33.0. The molecule has 0 N–H and O–H groups in total. The van der Waals surface area contributed by atoms with Gasteiger partial charge in [-0.1, -0.05) is 76.3 Å². The van der Waals surface area contributed by atoms with Gasteiger partial charge in [0.25, 0.3) is 34.4 Å². The van der Waals surface area contributed by atoms with Gasteiger partial charge in [-0.3, -0.25) is 33.8 Å². The summed E-state index contributed by atoms with van der Waals surface area (Å²) in [7, 11) is 5.60. The molecule has 3 amide bonds. The maximum atomic E-state index is 13.4. The van der Waals surface area contributed by atoms with Crippen molar-refractivity contribution < 1.29 is 18.8 Å². The Morgan fingerprint density at radius 3 is 1.52 bits per heavy atom. The number of halogens is 3. The molecule has 13 rings (SSSR count). The van der Waals surface area contributed by atoms with Gasteiger partial charge < -0.3 is 52.4 Å². The number of rotatable bonds is 11. The lowest BCUT2D eigenvalue weighted by molar-refractivity contribution is 0.0712. The third-order valence-electron chi connectivity index (χ3n) is 17.9. The number of aryl methyl sites for hydroxylation is 3. The molecule has 21 nitrogen and oxygen atoms in total. The van der Waals surface area contributed by atoms with E-state index in [9.17, 15) is 44.6 Å². The van der Waals surface area contributed by atoms with Gasteiger partial charge in [-0.2, -0.15) is 15.8 Å². The van der Waals surface area contributed by atoms with Gasteiger partial charge in [0, 0.05) is 143 Å². The molecule has 24 heteroatoms. The number of aromatic nitrogens is 4. The van der Waals surface area contributed by atoms with Crippen LogP contribution in [0.5, 0.6) is 0 Å². The smallest absolute Gasteiger partial charge is 0.289 e. The molecule has 3 aliphatic heterocycles. The summed E-state index contributed by atoms with van der Waals surface area (Å²) in [6, 6.07) is 44.7. The molecule has 0 bridgehead atoms. The molecule has 0 aliphatic carbocycles. The summed E-state index contributed by atoms with van der Waals surface area (Å²) in [4.78, 5) is 95.5. The van der Waals surface area contributed by atoms with Gasteiger partial charge >= 0.3 is 0 Å². The lowest BCUT2D eigenvalue weighted by atomic mass is 10.0. The van der Waals surface area contributed by atoms with Gasteiger partial charge in [-0.25, -0.2) is 0 Å². The summed E-state index contributed by atoms with van der Waals surface area (Å²) in [5.74, 6) is -0.0110. The van der Waals surface area contributed by atoms with Gasteiger partial charge in [0.1, 0.15) is 34.9 Å². The highest BCUT2D eigenvalue weighted by molar-refractivity contribution is 6.42. The van der Waals surface area contributed by atoms with E-state index >= 15 is 0 Å². The Bertz CT molecular complexity index is 5010. The summed E-state index contributed by atoms with van der Waals surface area (Å²) in [6.07, 6.45) is 4.85. The lowest BCUT2D eigenvalue weighted by Gasteiger charge is -2.37. The van der Waals surface area contributed by atoms with Gasteiger partial charge in [-0.15, -0.1) is 0 Å². The Kier molecular flexibility index (Phi) is 21.1. The molecule has 8 heterocycles. The summed E-state index contributed by atoms with van der Waals surface area (Å²) >= 11 is 18.0. The number of furan rings is 1. The number of hydrogen-bond donors (Lipinski definition) is 0. The number of para-hydroxylation sites is 1. The zero-order chi connectivity index (χ0) is 69.5. The van der Waals surface area contributed by atoms with Crippen LogP contribution in [-0.2, 0) is 20.1 Å². The Balaban J connectivity index is 0.000000149. The van der Waals surface area contributed by atoms with E-state index in [1.54, 1.807) is 97.9 Å². The molecule has 5 aromatic carbocycles. The van der Waals surface area contributed by atoms with E-state index in [0.29, 0.717) is 147 Å². The van der Waals surface area contributed by atoms with Crippen molar-refractivity contribution in [2.24, 2.45) is 7.05 Å². The summed E-state index contributed by atoms with van der Waals surface area (Å²) in [6.45, 7) is 11.5. The molecule has 0 atom stereocenters. The molecule has 0 radical (unpaired) electrons. The number of benzene rings is 5. The van der Waals surface area contributed by atoms with Crippen molar-refractivity contribution in [3.8, 4) is 18.2 Å². The number of nitriles is 3. The number of likely N-dealkylation sites (N-methyl/N-ethyl adjacent to an activating group) is 1. The quantitative estimate of drug-likeness (QED) is 0.117. The van der Waals surface area contributed by atoms with Crippen LogP contribution in [0.15, 0.2) is 165 Å². The van der Waals surface area contributed by atoms with Gasteiger partial charge in [0.15, 0.2) is 5.76 Å². The molecular weight excluding hydrogens is 1300 g/mol. The van der Waals surface area contributed by atoms with E-state index in [1.807, 2.05) is 115 Å². The second-order valence-corrected chi connectivity index (χ2v) is 25.6. The van der Waals surface area contributed by atoms with E-state index in [-0.39, 0.29) is 51.1 Å². The second kappa shape index (κ2) is 30.1. The highest BCUT2D eigenvalue weighted by atomic mass is 35.5. The minimum absolute atomic E-state index is 0.0449. The van der Waals surface area contributed by atoms with Crippen molar-refractivity contribution in [1.29, 1.82) is 15.8 Å². The van der Waals surface area contributed by atoms with Gasteiger partial charge in [-0.05, 0) is 131 Å². The van der Waals surface area contributed by atoms with Crippen LogP contribution in [0.3, 0.4) is 0 Å². The minimum atomic E-state index is -0.322. The highest BCUT2D eigenvalue weighted by Gasteiger charge is 2.32. The second-order valence-electron chi connectivity index (χ2n) is 24.4. The molecule has 3 saturated heterocycles. The number of fused-ring (bicyclic) bond motifs is 3. The van der Waals surface area contributed by atoms with Gasteiger partial charge in [0.2, 0.25) is 0 Å². The molecule has 3 fully saturated rings. The first-order valence-electron chi connectivity index (χ1n) is 31.9. The maximum Gasteiger partial charge on any atom is 0.289 e. The standard InChI is InChI=1S/C26H27Cl2N5O2.C25H21N5O3.C23H21ClN4O2/c1-17-4-7-23-19(14-17)24(20(16-29)26(35)33(23)13-8-30(2)3)31-9-11-32(12-10-31)25(34)18-5-6-21(27)22(28)15-18;26-16-20-23(28-11-13-29(14-12-28)25(32)22-6-3-15-33-22)19-4-1-2-5-21(19)30(24(20)31)17-18-7-9-27-10-8-18;1-15-3-8-20-18(13-15)21(19(14-25)23(30)26(20)2)27-9-11-28(12-10-27)22(29)16-4-6-17(24)7-5-16/h4-7,14-15H,8-13H2,1-3H3;1-10,15H,11-14,17H2;3-8,13H,9-12H2,1-2H3. The van der Waals surface area contributed by atoms with Crippen LogP contribution in [0.25, 0.3) is 32.7 Å². The first kappa shape index (κ1) is 68.6. The van der Waals surface area contributed by atoms with Gasteiger partial charge in [0.05, 0.1) is 56.5 Å². The van der Waals surface area contributed by atoms with Crippen molar-refractivity contribution in [2.75, 3.05) is 114 Å². The summed E-state index contributed by atoms with van der Waals surface area (Å²) < 4.78 is 10.1. The number of hydrogen-bond acceptors (Lipinski definition) is 15. The molecule has 5 aromatic heterocycles. The molecule has 98 heavy (non-hydrogen) atoms. The maximum absolute atomic E-state index is 13.4. The van der Waals surface area contributed by atoms with Crippen LogP contribution in [0.2, 0.25) is 15.1 Å². The molecular formula is C74H69Cl3N14O7. The van der Waals surface area contributed by atoms with E-state index in [4.69, 9.17) is 39.2 Å². The predicted molar refractivity (Wildman–Crippen MR) is 382 cm³/mol. The molecule has 3 aliphatic rings. The fourth-order valence-corrected chi connectivity index (χ4v) is 13.2. The molecule has 0 saturated carbocycles. The van der Waals surface area contributed by atoms with Crippen LogP contribution in [-0.4, -0.2) is 155 Å². The normalized spacial score (nSPS) is 13.9. The first-order chi connectivity index (χ1) is 47.3. The Morgan fingerprint density at radius 1 is 0.510 bits per heavy atom. The Hall–Kier alpha value is -10.7. The van der Waals surface area contributed by atoms with Crippen LogP contribution < -0.4 is 31.4 Å². The number of pyridine rings is 4. The molecule has 0 unspecified atom stereocenters. The Morgan fingerprint density at radius 2 is 0.990 bits per heavy atom. The van der Waals surface area contributed by atoms with Crippen molar-refractivity contribution in [1.82, 2.24) is 38.3 Å². The van der Waals surface area contributed by atoms with E-state index in [0.717, 1.165) is 49.4 Å². The largest absolute Gasteiger partial charge is 0.459 e. The van der Waals surface area contributed by atoms with Crippen molar-refractivity contribution in [3.05, 3.63) is 242 Å². The lowest BCUT2D eigenvalue weighted by Crippen LogP contribution is -2.49. The molecule has 498 valence electrons. The van der Waals surface area contributed by atoms with Crippen molar-refractivity contribution in [2.45, 2.75) is 26.9 Å². The third kappa shape index (κ3) is 14.4. The van der Waals surface area contributed by atoms with E-state index in [1.165, 1.54) is 10.8 Å². The van der Waals surface area contributed by atoms with Crippen LogP contribution in [0.1, 0.15) is 64.7 Å². The third-order valence-corrected chi connectivity index (χ3v) is 18.9. The zero-order valence-corrected chi connectivity index (χ0v) is 57.0. The van der Waals surface area contributed by atoms with Crippen LogP contribution in [0.4, 0.5) is 17.1 Å². The Labute approximate surface area is 580 Å². The number of piperazine rings is 3. The molecule has 10 aromatic rings. The monoisotopic (exact) mass is 1370 g/mol. The van der Waals surface area contributed by atoms with Crippen LogP contribution >= 0.6 is 34.8 Å². The zero-order valence-electron chi connectivity index (χ0n) is 54.7. The summed E-state index contributed by atoms with van der Waals surface area (Å²) in [5, 5.41) is 33.6. The number of anilines is 3. The van der Waals surface area contributed by atoms with E-state index in [2.05, 4.69) is 28.1 Å². The fraction of sp³-hybridized carbons (Fsp3) is 0.270. The average Bonchev–Trinajstić information content (AvgIpc) is 0.794. The topological polar surface area (TPSA) is 237 Å². The number of amides is 3. The fourth-order valence-electron chi connectivity index (χ4n) is 12.8. The minimum Gasteiger partial charge on any atom is -0.459 e. The van der Waals surface area contributed by atoms with E-state index < -0.39 is 0 Å². The SMILES string of the molecule is Cc1ccc2c(c1)c(N1CCN(C(=O)c3ccc(Cl)c(Cl)c3)CC1)c(C#N)c(=O)n2CCN(C)C.Cc1ccc2c(c1)c(N1CCN(C(=O)c3ccc(Cl)cc3)CC1)c(C#N)c(=O)n2C.N#Cc1c(N2CCN(C(=O)c3ccco3)CC2)c2ccccc2n(Cc2ccncc2)c1=O. The number of nitrogens with zero attached hydrogens (tertiary/aromatic N) is 14. The average molecular weight is 1370 g/mol. The van der Waals surface area contributed by atoms with Crippen molar-refractivity contribution in [3.63, 3.8) is 0 Å².